The minimum absolute atomic E-state index is 0.0701. The normalized spacial score (nSPS) is 11.2. The van der Waals surface area contributed by atoms with Gasteiger partial charge in [-0.1, -0.05) is 12.1 Å². The first kappa shape index (κ1) is 25.5. The van der Waals surface area contributed by atoms with Gasteiger partial charge < -0.3 is 20.2 Å². The van der Waals surface area contributed by atoms with Crippen molar-refractivity contribution in [2.24, 2.45) is 5.18 Å². The molecular weight excluding hydrogens is 515 g/mol. The number of nitrogens with two attached hydrogens (primary N) is 1. The first-order valence-corrected chi connectivity index (χ1v) is 11.6. The van der Waals surface area contributed by atoms with E-state index in [1.54, 1.807) is 37.3 Å². The van der Waals surface area contributed by atoms with Gasteiger partial charge in [-0.3, -0.25) is 4.79 Å². The fourth-order valence-corrected chi connectivity index (χ4v) is 4.06. The number of H-pyrrole nitrogens is 1. The lowest BCUT2D eigenvalue weighted by Crippen LogP contribution is -2.08. The van der Waals surface area contributed by atoms with Crippen molar-refractivity contribution in [2.75, 3.05) is 12.3 Å². The second kappa shape index (κ2) is 10.3. The summed E-state index contributed by atoms with van der Waals surface area (Å²) in [5.74, 6) is -0.545. The number of hydrogen-bond donors (Lipinski definition) is 2. The lowest BCUT2D eigenvalue weighted by molar-refractivity contribution is 0.0822. The van der Waals surface area contributed by atoms with E-state index in [1.807, 2.05) is 0 Å². The van der Waals surface area contributed by atoms with Crippen molar-refractivity contribution in [3.05, 3.63) is 94.4 Å². The first-order valence-electron chi connectivity index (χ1n) is 11.6. The van der Waals surface area contributed by atoms with E-state index in [9.17, 15) is 22.9 Å². The second-order valence-corrected chi connectivity index (χ2v) is 8.55. The summed E-state index contributed by atoms with van der Waals surface area (Å²) in [6.07, 6.45) is -1.41. The number of para-hydroxylation sites is 1. The van der Waals surface area contributed by atoms with Gasteiger partial charge in [0.15, 0.2) is 17.3 Å². The quantitative estimate of drug-likeness (QED) is 0.165. The van der Waals surface area contributed by atoms with E-state index in [4.69, 9.17) is 15.2 Å². The molecule has 39 heavy (non-hydrogen) atoms. The molecule has 0 amide bonds. The monoisotopic (exact) mass is 535 g/mol. The molecule has 5 rings (SSSR count). The van der Waals surface area contributed by atoms with Crippen LogP contribution in [0.25, 0.3) is 16.6 Å². The third-order valence-corrected chi connectivity index (χ3v) is 5.92. The summed E-state index contributed by atoms with van der Waals surface area (Å²) in [5.41, 5.74) is 8.00. The van der Waals surface area contributed by atoms with Crippen LogP contribution in [0.15, 0.2) is 72.0 Å². The lowest BCUT2D eigenvalue weighted by atomic mass is 10.1. The molecule has 2 heterocycles. The fourth-order valence-electron chi connectivity index (χ4n) is 4.06. The Labute approximate surface area is 218 Å². The van der Waals surface area contributed by atoms with Gasteiger partial charge in [-0.05, 0) is 66.2 Å². The molecule has 3 aromatic carbocycles. The summed E-state index contributed by atoms with van der Waals surface area (Å²) >= 11 is 0. The molecule has 0 aliphatic carbocycles. The number of alkyl halides is 2. The minimum atomic E-state index is -2.73. The van der Waals surface area contributed by atoms with Crippen LogP contribution >= 0.6 is 0 Å². The Morgan fingerprint density at radius 1 is 1.13 bits per heavy atom. The number of carbonyl (C=O) groups is 1. The number of ketones is 1. The zero-order valence-electron chi connectivity index (χ0n) is 20.3. The SMILES string of the molecule is Cc1cc(Oc2ccccc2F)ccc1-n1ncc(C(=O)c2cc3cc(OCC(F)F)c(N=O)cc3[nH]2)c1N. The van der Waals surface area contributed by atoms with Crippen molar-refractivity contribution in [3.8, 4) is 22.9 Å². The van der Waals surface area contributed by atoms with Crippen molar-refractivity contribution in [2.45, 2.75) is 13.3 Å². The highest BCUT2D eigenvalue weighted by Gasteiger charge is 2.21. The number of nitrogen functional groups attached to an aromatic ring is 1. The summed E-state index contributed by atoms with van der Waals surface area (Å²) in [7, 11) is 0. The third-order valence-electron chi connectivity index (χ3n) is 5.92. The molecule has 0 aliphatic rings. The van der Waals surface area contributed by atoms with Gasteiger partial charge in [0, 0.05) is 10.9 Å². The molecule has 0 fully saturated rings. The van der Waals surface area contributed by atoms with E-state index < -0.39 is 24.6 Å². The molecule has 5 aromatic rings. The summed E-state index contributed by atoms with van der Waals surface area (Å²) in [6.45, 7) is 0.881. The Morgan fingerprint density at radius 3 is 2.64 bits per heavy atom. The predicted octanol–water partition coefficient (Wildman–Crippen LogP) is 6.45. The molecule has 198 valence electrons. The number of ether oxygens (including phenoxy) is 2. The molecule has 0 radical (unpaired) electrons. The van der Waals surface area contributed by atoms with E-state index >= 15 is 0 Å². The van der Waals surface area contributed by atoms with Crippen LogP contribution in [0, 0.1) is 17.6 Å². The van der Waals surface area contributed by atoms with Crippen LogP contribution in [0.5, 0.6) is 17.2 Å². The average Bonchev–Trinajstić information content (AvgIpc) is 3.51. The Bertz CT molecular complexity index is 1710. The Hall–Kier alpha value is -5.13. The Kier molecular flexibility index (Phi) is 6.75. The second-order valence-electron chi connectivity index (χ2n) is 8.55. The van der Waals surface area contributed by atoms with Crippen LogP contribution in [0.1, 0.15) is 21.6 Å². The maximum absolute atomic E-state index is 13.9. The van der Waals surface area contributed by atoms with E-state index in [2.05, 4.69) is 15.3 Å². The molecule has 0 aliphatic heterocycles. The standard InChI is InChI=1S/C27H20F3N5O4/c1-14-8-16(39-23-5-3-2-4-18(23)28)6-7-22(14)35-27(31)17(12-32-35)26(36)21-9-15-10-24(38-13-25(29)30)20(34-37)11-19(15)33-21/h2-12,25,33H,13,31H2,1H3. The van der Waals surface area contributed by atoms with Gasteiger partial charge in [0.05, 0.1) is 23.1 Å². The molecule has 12 heteroatoms. The summed E-state index contributed by atoms with van der Waals surface area (Å²) in [6, 6.07) is 15.2. The third kappa shape index (κ3) is 5.04. The molecule has 0 bridgehead atoms. The minimum Gasteiger partial charge on any atom is -0.485 e. The molecule has 0 atom stereocenters. The number of carbonyl (C=O) groups excluding carboxylic acids is 1. The number of nitrogens with zero attached hydrogens (tertiary/aromatic N) is 3. The van der Waals surface area contributed by atoms with E-state index in [0.717, 1.165) is 0 Å². The smallest absolute Gasteiger partial charge is 0.272 e. The van der Waals surface area contributed by atoms with Crippen LogP contribution in [-0.2, 0) is 0 Å². The number of hydrogen-bond acceptors (Lipinski definition) is 7. The predicted molar refractivity (Wildman–Crippen MR) is 138 cm³/mol. The molecule has 0 spiro atoms. The van der Waals surface area contributed by atoms with Gasteiger partial charge in [0.25, 0.3) is 6.43 Å². The van der Waals surface area contributed by atoms with Gasteiger partial charge in [-0.25, -0.2) is 17.9 Å². The van der Waals surface area contributed by atoms with Crippen LogP contribution in [0.3, 0.4) is 0 Å². The molecule has 0 saturated heterocycles. The van der Waals surface area contributed by atoms with Gasteiger partial charge in [0.2, 0.25) is 5.78 Å². The van der Waals surface area contributed by atoms with Gasteiger partial charge in [-0.2, -0.15) is 5.10 Å². The summed E-state index contributed by atoms with van der Waals surface area (Å²) < 4.78 is 51.0. The van der Waals surface area contributed by atoms with Crippen LogP contribution in [0.2, 0.25) is 0 Å². The number of anilines is 1. The number of fused-ring (bicyclic) bond motifs is 1. The van der Waals surface area contributed by atoms with Gasteiger partial charge in [0.1, 0.15) is 23.9 Å². The van der Waals surface area contributed by atoms with Gasteiger partial charge in [-0.15, -0.1) is 4.91 Å². The molecule has 0 unspecified atom stereocenters. The van der Waals surface area contributed by atoms with Crippen molar-refractivity contribution < 1.29 is 27.4 Å². The largest absolute Gasteiger partial charge is 0.485 e. The summed E-state index contributed by atoms with van der Waals surface area (Å²) in [5, 5.41) is 7.53. The van der Waals surface area contributed by atoms with Crippen molar-refractivity contribution in [1.82, 2.24) is 14.8 Å². The van der Waals surface area contributed by atoms with Crippen LogP contribution < -0.4 is 15.2 Å². The highest BCUT2D eigenvalue weighted by Crippen LogP contribution is 2.34. The zero-order valence-corrected chi connectivity index (χ0v) is 20.3. The molecule has 3 N–H and O–H groups in total. The number of nitroso groups, excluding NO2 is 1. The van der Waals surface area contributed by atoms with E-state index in [1.165, 1.54) is 41.2 Å². The van der Waals surface area contributed by atoms with Gasteiger partial charge >= 0.3 is 0 Å². The average molecular weight is 535 g/mol. The number of halogens is 3. The van der Waals surface area contributed by atoms with Crippen LogP contribution in [0.4, 0.5) is 24.7 Å². The molecule has 9 nitrogen and oxygen atoms in total. The number of rotatable bonds is 9. The number of aryl methyl sites for hydroxylation is 1. The Morgan fingerprint density at radius 2 is 1.92 bits per heavy atom. The number of aromatic nitrogens is 3. The molecule has 2 aromatic heterocycles. The maximum Gasteiger partial charge on any atom is 0.272 e. The number of benzene rings is 3. The topological polar surface area (TPSA) is 125 Å². The molecule has 0 saturated carbocycles. The van der Waals surface area contributed by atoms with E-state index in [-0.39, 0.29) is 34.3 Å². The Balaban J connectivity index is 1.42. The van der Waals surface area contributed by atoms with Crippen molar-refractivity contribution >= 4 is 28.2 Å². The highest BCUT2D eigenvalue weighted by atomic mass is 19.3. The molecular formula is C27H20F3N5O4. The van der Waals surface area contributed by atoms with Crippen molar-refractivity contribution in [3.63, 3.8) is 0 Å². The fraction of sp³-hybridized carbons (Fsp3) is 0.111. The number of nitrogens with one attached hydrogen (secondary N) is 1. The maximum atomic E-state index is 13.9. The highest BCUT2D eigenvalue weighted by molar-refractivity contribution is 6.12. The number of aromatic amines is 1. The van der Waals surface area contributed by atoms with E-state index in [0.29, 0.717) is 27.9 Å². The zero-order chi connectivity index (χ0) is 27.7. The first-order chi connectivity index (χ1) is 18.7. The lowest BCUT2D eigenvalue weighted by Gasteiger charge is -2.12. The van der Waals surface area contributed by atoms with Crippen LogP contribution in [-0.4, -0.2) is 33.6 Å². The summed E-state index contributed by atoms with van der Waals surface area (Å²) in [4.78, 5) is 27.3. The van der Waals surface area contributed by atoms with Crippen molar-refractivity contribution in [1.29, 1.82) is 0 Å².